The van der Waals surface area contributed by atoms with E-state index in [1.807, 2.05) is 0 Å². The molecule has 0 aromatic rings. The van der Waals surface area contributed by atoms with E-state index in [2.05, 4.69) is 22.5 Å². The fourth-order valence-electron chi connectivity index (χ4n) is 2.37. The normalized spacial score (nSPS) is 29.5. The molecular formula is C11H19N3O. The molecule has 2 N–H and O–H groups in total. The van der Waals surface area contributed by atoms with Crippen LogP contribution in [0, 0.1) is 5.92 Å². The van der Waals surface area contributed by atoms with Gasteiger partial charge < -0.3 is 5.32 Å². The zero-order valence-corrected chi connectivity index (χ0v) is 9.25. The number of hydrogen-bond acceptors (Lipinski definition) is 2. The standard InChI is InChI=1S/C11H19N3O/c1-2-7-12-11-13-9(10(15)14-11)8-5-3-4-6-8/h8-9H,2-7H2,1H3,(H2,12,13,14,15). The Morgan fingerprint density at radius 1 is 1.40 bits per heavy atom. The first kappa shape index (κ1) is 10.5. The van der Waals surface area contributed by atoms with Crippen LogP contribution in [0.4, 0.5) is 0 Å². The van der Waals surface area contributed by atoms with Gasteiger partial charge in [0.2, 0.25) is 5.91 Å². The number of nitrogens with zero attached hydrogens (tertiary/aromatic N) is 1. The molecule has 0 spiro atoms. The van der Waals surface area contributed by atoms with Crippen LogP contribution in [0.15, 0.2) is 4.99 Å². The van der Waals surface area contributed by atoms with Gasteiger partial charge in [-0.05, 0) is 25.2 Å². The molecule has 4 heteroatoms. The number of aliphatic imine (C=N–C) groups is 1. The summed E-state index contributed by atoms with van der Waals surface area (Å²) in [5.41, 5.74) is 0. The predicted octanol–water partition coefficient (Wildman–Crippen LogP) is 1.03. The first-order valence-electron chi connectivity index (χ1n) is 5.93. The maximum Gasteiger partial charge on any atom is 0.249 e. The van der Waals surface area contributed by atoms with Crippen molar-refractivity contribution in [3.8, 4) is 0 Å². The summed E-state index contributed by atoms with van der Waals surface area (Å²) in [7, 11) is 0. The smallest absolute Gasteiger partial charge is 0.249 e. The Morgan fingerprint density at radius 3 is 2.80 bits per heavy atom. The molecule has 1 saturated carbocycles. The zero-order valence-electron chi connectivity index (χ0n) is 9.25. The summed E-state index contributed by atoms with van der Waals surface area (Å²) in [6.45, 7) is 2.86. The monoisotopic (exact) mass is 209 g/mol. The maximum atomic E-state index is 11.7. The highest BCUT2D eigenvalue weighted by Crippen LogP contribution is 2.28. The van der Waals surface area contributed by atoms with E-state index in [0.717, 1.165) is 13.0 Å². The van der Waals surface area contributed by atoms with Crippen LogP contribution >= 0.6 is 0 Å². The fraction of sp³-hybridized carbons (Fsp3) is 0.818. The number of carbonyl (C=O) groups excluding carboxylic acids is 1. The van der Waals surface area contributed by atoms with Gasteiger partial charge in [0.05, 0.1) is 0 Å². The summed E-state index contributed by atoms with van der Waals surface area (Å²) < 4.78 is 0. The molecule has 1 aliphatic carbocycles. The molecule has 2 rings (SSSR count). The second kappa shape index (κ2) is 4.64. The first-order valence-corrected chi connectivity index (χ1v) is 5.93. The zero-order chi connectivity index (χ0) is 10.7. The highest BCUT2D eigenvalue weighted by molar-refractivity contribution is 6.06. The van der Waals surface area contributed by atoms with Crippen molar-refractivity contribution in [2.75, 3.05) is 6.54 Å². The van der Waals surface area contributed by atoms with Crippen molar-refractivity contribution in [3.63, 3.8) is 0 Å². The predicted molar refractivity (Wildman–Crippen MR) is 59.6 cm³/mol. The average Bonchev–Trinajstić information content (AvgIpc) is 2.83. The van der Waals surface area contributed by atoms with Crippen LogP contribution in [-0.2, 0) is 4.79 Å². The highest BCUT2D eigenvalue weighted by atomic mass is 16.2. The molecule has 0 aromatic carbocycles. The lowest BCUT2D eigenvalue weighted by Crippen LogP contribution is -2.35. The van der Waals surface area contributed by atoms with Gasteiger partial charge in [-0.25, -0.2) is 0 Å². The molecule has 15 heavy (non-hydrogen) atoms. The van der Waals surface area contributed by atoms with E-state index in [1.54, 1.807) is 0 Å². The summed E-state index contributed by atoms with van der Waals surface area (Å²) in [5, 5.41) is 6.02. The summed E-state index contributed by atoms with van der Waals surface area (Å²) in [5.74, 6) is 1.30. The quantitative estimate of drug-likeness (QED) is 0.729. The minimum atomic E-state index is -0.0249. The molecule has 0 bridgehead atoms. The Labute approximate surface area is 90.5 Å². The Balaban J connectivity index is 1.94. The third-order valence-electron chi connectivity index (χ3n) is 3.18. The Kier molecular flexibility index (Phi) is 3.23. The second-order valence-electron chi connectivity index (χ2n) is 4.39. The van der Waals surface area contributed by atoms with Gasteiger partial charge in [0, 0.05) is 6.54 Å². The maximum absolute atomic E-state index is 11.7. The molecule has 1 saturated heterocycles. The van der Waals surface area contributed by atoms with E-state index >= 15 is 0 Å². The van der Waals surface area contributed by atoms with Crippen molar-refractivity contribution in [1.82, 2.24) is 10.6 Å². The molecule has 0 radical (unpaired) electrons. The molecule has 4 nitrogen and oxygen atoms in total. The molecule has 1 atom stereocenters. The summed E-state index contributed by atoms with van der Waals surface area (Å²) in [4.78, 5) is 16.0. The van der Waals surface area contributed by atoms with Crippen molar-refractivity contribution >= 4 is 11.9 Å². The van der Waals surface area contributed by atoms with Crippen LogP contribution in [0.25, 0.3) is 0 Å². The van der Waals surface area contributed by atoms with E-state index in [-0.39, 0.29) is 11.9 Å². The molecule has 1 unspecified atom stereocenters. The minimum absolute atomic E-state index is 0.0249. The molecule has 1 amide bonds. The molecule has 84 valence electrons. The van der Waals surface area contributed by atoms with Gasteiger partial charge in [-0.2, -0.15) is 0 Å². The van der Waals surface area contributed by atoms with Crippen LogP contribution in [0.2, 0.25) is 0 Å². The van der Waals surface area contributed by atoms with E-state index in [1.165, 1.54) is 25.7 Å². The molecule has 1 aliphatic heterocycles. The lowest BCUT2D eigenvalue weighted by molar-refractivity contribution is -0.121. The third-order valence-corrected chi connectivity index (χ3v) is 3.18. The first-order chi connectivity index (χ1) is 7.31. The third kappa shape index (κ3) is 2.30. The number of carbonyl (C=O) groups is 1. The lowest BCUT2D eigenvalue weighted by atomic mass is 9.99. The van der Waals surface area contributed by atoms with Gasteiger partial charge in [0.25, 0.3) is 0 Å². The summed E-state index contributed by atoms with van der Waals surface area (Å²) in [6.07, 6.45) is 5.88. The molecular weight excluding hydrogens is 190 g/mol. The van der Waals surface area contributed by atoms with Crippen molar-refractivity contribution in [3.05, 3.63) is 0 Å². The summed E-state index contributed by atoms with van der Waals surface area (Å²) >= 11 is 0. The molecule has 2 fully saturated rings. The topological polar surface area (TPSA) is 53.5 Å². The number of hydrogen-bond donors (Lipinski definition) is 2. The minimum Gasteiger partial charge on any atom is -0.344 e. The van der Waals surface area contributed by atoms with Gasteiger partial charge in [-0.1, -0.05) is 19.8 Å². The Morgan fingerprint density at radius 2 is 2.13 bits per heavy atom. The number of guanidine groups is 1. The van der Waals surface area contributed by atoms with Crippen molar-refractivity contribution < 1.29 is 4.79 Å². The van der Waals surface area contributed by atoms with Crippen molar-refractivity contribution in [1.29, 1.82) is 0 Å². The fourth-order valence-corrected chi connectivity index (χ4v) is 2.37. The average molecular weight is 209 g/mol. The van der Waals surface area contributed by atoms with Crippen LogP contribution in [0.5, 0.6) is 0 Å². The van der Waals surface area contributed by atoms with Gasteiger partial charge in [0.1, 0.15) is 6.04 Å². The largest absolute Gasteiger partial charge is 0.344 e. The van der Waals surface area contributed by atoms with E-state index in [9.17, 15) is 4.79 Å². The van der Waals surface area contributed by atoms with Crippen molar-refractivity contribution in [2.45, 2.75) is 45.1 Å². The Bertz CT molecular complexity index is 269. The van der Waals surface area contributed by atoms with E-state index < -0.39 is 0 Å². The van der Waals surface area contributed by atoms with Gasteiger partial charge in [-0.15, -0.1) is 0 Å². The van der Waals surface area contributed by atoms with E-state index in [4.69, 9.17) is 0 Å². The molecule has 2 aliphatic rings. The van der Waals surface area contributed by atoms with Gasteiger partial charge in [-0.3, -0.25) is 15.1 Å². The van der Waals surface area contributed by atoms with Crippen molar-refractivity contribution in [2.24, 2.45) is 10.9 Å². The Hall–Kier alpha value is -1.06. The van der Waals surface area contributed by atoms with E-state index in [0.29, 0.717) is 11.9 Å². The SMILES string of the molecule is CCCN=C1NC(=O)C(C2CCCC2)N1. The highest BCUT2D eigenvalue weighted by Gasteiger charge is 2.36. The number of rotatable bonds is 3. The summed E-state index contributed by atoms with van der Waals surface area (Å²) in [6, 6.07) is -0.0249. The molecule has 1 heterocycles. The van der Waals surface area contributed by atoms with Gasteiger partial charge >= 0.3 is 0 Å². The number of nitrogens with one attached hydrogen (secondary N) is 2. The van der Waals surface area contributed by atoms with Gasteiger partial charge in [0.15, 0.2) is 5.96 Å². The van der Waals surface area contributed by atoms with Crippen LogP contribution in [0.1, 0.15) is 39.0 Å². The lowest BCUT2D eigenvalue weighted by Gasteiger charge is -2.14. The van der Waals surface area contributed by atoms with Crippen LogP contribution in [0.3, 0.4) is 0 Å². The number of amides is 1. The molecule has 0 aromatic heterocycles. The van der Waals surface area contributed by atoms with Crippen LogP contribution < -0.4 is 10.6 Å². The van der Waals surface area contributed by atoms with Crippen LogP contribution in [-0.4, -0.2) is 24.5 Å². The second-order valence-corrected chi connectivity index (χ2v) is 4.39.